The molecule has 0 fully saturated rings. The largest absolute Gasteiger partial charge is 0.422 e. The molecule has 0 aliphatic heterocycles. The molecule has 0 bridgehead atoms. The van der Waals surface area contributed by atoms with E-state index in [0.717, 1.165) is 4.90 Å². The molecule has 2 rings (SSSR count). The van der Waals surface area contributed by atoms with Gasteiger partial charge in [-0.05, 0) is 56.5 Å². The summed E-state index contributed by atoms with van der Waals surface area (Å²) < 4.78 is 5.32. The van der Waals surface area contributed by atoms with Gasteiger partial charge >= 0.3 is 5.97 Å². The van der Waals surface area contributed by atoms with Crippen molar-refractivity contribution in [2.24, 2.45) is 0 Å². The number of thioether (sulfide) groups is 1. The fourth-order valence-corrected chi connectivity index (χ4v) is 2.14. The van der Waals surface area contributed by atoms with Crippen LogP contribution in [0.2, 0.25) is 0 Å². The maximum atomic E-state index is 12.1. The van der Waals surface area contributed by atoms with Crippen LogP contribution in [0.25, 0.3) is 0 Å². The number of hydrogen-bond acceptors (Lipinski definition) is 5. The molecule has 1 aromatic heterocycles. The third-order valence-corrected chi connectivity index (χ3v) is 3.41. The Morgan fingerprint density at radius 1 is 1.19 bits per heavy atom. The average Bonchev–Trinajstić information content (AvgIpc) is 2.47. The summed E-state index contributed by atoms with van der Waals surface area (Å²) >= 11 is 1.64. The highest BCUT2D eigenvalue weighted by Crippen LogP contribution is 2.19. The molecule has 110 valence electrons. The summed E-state index contributed by atoms with van der Waals surface area (Å²) in [5, 5.41) is 3.16. The normalized spacial score (nSPS) is 10.5. The molecule has 1 heterocycles. The Morgan fingerprint density at radius 3 is 2.52 bits per heavy atom. The van der Waals surface area contributed by atoms with E-state index in [1.807, 2.05) is 38.3 Å². The van der Waals surface area contributed by atoms with Crippen LogP contribution in [0.5, 0.6) is 5.75 Å². The highest BCUT2D eigenvalue weighted by atomic mass is 32.2. The Morgan fingerprint density at radius 2 is 1.90 bits per heavy atom. The van der Waals surface area contributed by atoms with Crippen LogP contribution in [-0.2, 0) is 0 Å². The number of carbonyl (C=O) groups excluding carboxylic acids is 1. The minimum Gasteiger partial charge on any atom is -0.422 e. The molecule has 0 atom stereocenters. The van der Waals surface area contributed by atoms with E-state index >= 15 is 0 Å². The molecule has 5 heteroatoms. The lowest BCUT2D eigenvalue weighted by atomic mass is 10.3. The van der Waals surface area contributed by atoms with Crippen LogP contribution in [-0.4, -0.2) is 23.3 Å². The molecule has 0 aliphatic carbocycles. The quantitative estimate of drug-likeness (QED) is 0.516. The molecule has 0 saturated carbocycles. The van der Waals surface area contributed by atoms with Gasteiger partial charge in [-0.3, -0.25) is 0 Å². The Kier molecular flexibility index (Phi) is 5.22. The van der Waals surface area contributed by atoms with Crippen molar-refractivity contribution in [3.05, 3.63) is 48.2 Å². The van der Waals surface area contributed by atoms with Gasteiger partial charge < -0.3 is 10.1 Å². The molecule has 0 aliphatic rings. The van der Waals surface area contributed by atoms with Crippen LogP contribution in [0.4, 0.5) is 5.82 Å². The second-order valence-corrected chi connectivity index (χ2v) is 5.65. The molecule has 2 aromatic rings. The van der Waals surface area contributed by atoms with Gasteiger partial charge in [-0.1, -0.05) is 6.07 Å². The van der Waals surface area contributed by atoms with Crippen molar-refractivity contribution in [3.8, 4) is 5.75 Å². The second kappa shape index (κ2) is 7.13. The van der Waals surface area contributed by atoms with E-state index in [4.69, 9.17) is 4.74 Å². The van der Waals surface area contributed by atoms with Gasteiger partial charge in [-0.25, -0.2) is 9.78 Å². The van der Waals surface area contributed by atoms with E-state index < -0.39 is 5.97 Å². The molecular weight excluding hydrogens is 284 g/mol. The summed E-state index contributed by atoms with van der Waals surface area (Å²) in [5.74, 6) is 0.721. The van der Waals surface area contributed by atoms with E-state index in [1.165, 1.54) is 0 Å². The van der Waals surface area contributed by atoms with Crippen LogP contribution in [0, 0.1) is 0 Å². The van der Waals surface area contributed by atoms with Crippen molar-refractivity contribution in [1.82, 2.24) is 4.98 Å². The monoisotopic (exact) mass is 302 g/mol. The fraction of sp³-hybridized carbons (Fsp3) is 0.250. The third kappa shape index (κ3) is 4.49. The Labute approximate surface area is 128 Å². The molecule has 0 saturated heterocycles. The highest BCUT2D eigenvalue weighted by molar-refractivity contribution is 7.98. The van der Waals surface area contributed by atoms with Gasteiger partial charge in [0.05, 0.1) is 0 Å². The van der Waals surface area contributed by atoms with Gasteiger partial charge in [0.2, 0.25) is 0 Å². The lowest BCUT2D eigenvalue weighted by molar-refractivity contribution is 0.0728. The zero-order chi connectivity index (χ0) is 15.2. The van der Waals surface area contributed by atoms with Crippen molar-refractivity contribution < 1.29 is 9.53 Å². The zero-order valence-electron chi connectivity index (χ0n) is 12.3. The molecule has 1 N–H and O–H groups in total. The number of anilines is 1. The van der Waals surface area contributed by atoms with Crippen LogP contribution >= 0.6 is 11.8 Å². The number of benzene rings is 1. The molecule has 21 heavy (non-hydrogen) atoms. The summed E-state index contributed by atoms with van der Waals surface area (Å²) in [5.41, 5.74) is 0.287. The number of aromatic nitrogens is 1. The first-order valence-electron chi connectivity index (χ1n) is 6.68. The first-order valence-corrected chi connectivity index (χ1v) is 7.91. The van der Waals surface area contributed by atoms with Gasteiger partial charge in [-0.2, -0.15) is 0 Å². The van der Waals surface area contributed by atoms with Gasteiger partial charge in [0.1, 0.15) is 11.6 Å². The Hall–Kier alpha value is -2.01. The fourth-order valence-electron chi connectivity index (χ4n) is 1.73. The number of hydrogen-bond donors (Lipinski definition) is 1. The van der Waals surface area contributed by atoms with Crippen molar-refractivity contribution in [1.29, 1.82) is 0 Å². The SMILES string of the molecule is CSc1ccc(OC(=O)c2cccc(NC(C)C)n2)cc1. The smallest absolute Gasteiger partial charge is 0.362 e. The molecule has 0 radical (unpaired) electrons. The molecule has 0 unspecified atom stereocenters. The van der Waals surface area contributed by atoms with Crippen LogP contribution in [0.15, 0.2) is 47.4 Å². The van der Waals surface area contributed by atoms with E-state index in [9.17, 15) is 4.79 Å². The number of rotatable bonds is 5. The maximum absolute atomic E-state index is 12.1. The van der Waals surface area contributed by atoms with E-state index in [2.05, 4.69) is 10.3 Å². The first-order chi connectivity index (χ1) is 10.1. The molecule has 4 nitrogen and oxygen atoms in total. The second-order valence-electron chi connectivity index (χ2n) is 4.77. The minimum absolute atomic E-state index is 0.253. The van der Waals surface area contributed by atoms with Crippen molar-refractivity contribution >= 4 is 23.5 Å². The molecular formula is C16H18N2O2S. The summed E-state index contributed by atoms with van der Waals surface area (Å²) in [4.78, 5) is 17.5. The standard InChI is InChI=1S/C16H18N2O2S/c1-11(2)17-15-6-4-5-14(18-15)16(19)20-12-7-9-13(21-3)10-8-12/h4-11H,1-3H3,(H,17,18). The average molecular weight is 302 g/mol. The van der Waals surface area contributed by atoms with Gasteiger partial charge in [-0.15, -0.1) is 11.8 Å². The van der Waals surface area contributed by atoms with E-state index in [0.29, 0.717) is 11.6 Å². The third-order valence-electron chi connectivity index (χ3n) is 2.66. The van der Waals surface area contributed by atoms with Gasteiger partial charge in [0.15, 0.2) is 5.69 Å². The number of nitrogens with zero attached hydrogens (tertiary/aromatic N) is 1. The van der Waals surface area contributed by atoms with Crippen LogP contribution in [0.3, 0.4) is 0 Å². The Bertz CT molecular complexity index is 612. The maximum Gasteiger partial charge on any atom is 0.362 e. The lowest BCUT2D eigenvalue weighted by Crippen LogP contribution is -2.15. The number of nitrogens with one attached hydrogen (secondary N) is 1. The lowest BCUT2D eigenvalue weighted by Gasteiger charge is -2.10. The van der Waals surface area contributed by atoms with Crippen LogP contribution < -0.4 is 10.1 Å². The molecule has 1 aromatic carbocycles. The Balaban J connectivity index is 2.08. The number of ether oxygens (including phenoxy) is 1. The van der Waals surface area contributed by atoms with Crippen molar-refractivity contribution in [2.45, 2.75) is 24.8 Å². The van der Waals surface area contributed by atoms with Crippen molar-refractivity contribution in [3.63, 3.8) is 0 Å². The predicted molar refractivity (Wildman–Crippen MR) is 86.2 cm³/mol. The molecule has 0 amide bonds. The number of pyridine rings is 1. The summed E-state index contributed by atoms with van der Waals surface area (Å²) in [7, 11) is 0. The summed E-state index contributed by atoms with van der Waals surface area (Å²) in [6.45, 7) is 4.03. The van der Waals surface area contributed by atoms with Gasteiger partial charge in [0.25, 0.3) is 0 Å². The predicted octanol–water partition coefficient (Wildman–Crippen LogP) is 3.84. The van der Waals surface area contributed by atoms with Crippen LogP contribution in [0.1, 0.15) is 24.3 Å². The van der Waals surface area contributed by atoms with E-state index in [-0.39, 0.29) is 11.7 Å². The number of carbonyl (C=O) groups is 1. The topological polar surface area (TPSA) is 51.2 Å². The van der Waals surface area contributed by atoms with E-state index in [1.54, 1.807) is 36.0 Å². The zero-order valence-corrected chi connectivity index (χ0v) is 13.1. The summed E-state index contributed by atoms with van der Waals surface area (Å²) in [6, 6.07) is 12.9. The minimum atomic E-state index is -0.459. The van der Waals surface area contributed by atoms with Crippen molar-refractivity contribution in [2.75, 3.05) is 11.6 Å². The highest BCUT2D eigenvalue weighted by Gasteiger charge is 2.11. The number of esters is 1. The first kappa shape index (κ1) is 15.4. The molecule has 0 spiro atoms. The van der Waals surface area contributed by atoms with Gasteiger partial charge in [0, 0.05) is 10.9 Å². The summed E-state index contributed by atoms with van der Waals surface area (Å²) in [6.07, 6.45) is 2.00.